The van der Waals surface area contributed by atoms with Crippen molar-refractivity contribution in [3.05, 3.63) is 96.1 Å². The molecule has 150 valence electrons. The van der Waals surface area contributed by atoms with Crippen molar-refractivity contribution in [3.63, 3.8) is 0 Å². The summed E-state index contributed by atoms with van der Waals surface area (Å²) in [6, 6.07) is 21.8. The molecule has 0 radical (unpaired) electrons. The maximum atomic E-state index is 14.3. The standard InChI is InChI=1S/C23H18NO5P/c25-21-18-13-7-8-14-19(18)22(26)24(21)20(23(27)28)15-30(29,16-9-3-1-4-10-16)17-11-5-2-6-12-17/h1-14,20H,15H2,(H,27,28)/t20-/m1/s1. The highest BCUT2D eigenvalue weighted by atomic mass is 31.2. The molecule has 30 heavy (non-hydrogen) atoms. The molecule has 6 nitrogen and oxygen atoms in total. The number of hydrogen-bond donors (Lipinski definition) is 1. The van der Waals surface area contributed by atoms with Gasteiger partial charge in [-0.05, 0) is 12.1 Å². The van der Waals surface area contributed by atoms with Crippen LogP contribution in [0.3, 0.4) is 0 Å². The fourth-order valence-electron chi connectivity index (χ4n) is 3.70. The van der Waals surface area contributed by atoms with Gasteiger partial charge in [0.2, 0.25) is 0 Å². The van der Waals surface area contributed by atoms with Crippen molar-refractivity contribution in [3.8, 4) is 0 Å². The van der Waals surface area contributed by atoms with Gasteiger partial charge in [0.05, 0.1) is 11.1 Å². The van der Waals surface area contributed by atoms with E-state index >= 15 is 0 Å². The van der Waals surface area contributed by atoms with E-state index in [2.05, 4.69) is 0 Å². The molecule has 3 aromatic carbocycles. The molecule has 7 heteroatoms. The number of benzene rings is 3. The lowest BCUT2D eigenvalue weighted by molar-refractivity contribution is -0.140. The Balaban J connectivity index is 1.80. The quantitative estimate of drug-likeness (QED) is 0.490. The molecule has 1 aliphatic rings. The number of carbonyl (C=O) groups excluding carboxylic acids is 2. The molecule has 0 unspecified atom stereocenters. The summed E-state index contributed by atoms with van der Waals surface area (Å²) in [6.07, 6.45) is -0.387. The Hall–Kier alpha value is -3.50. The molecule has 0 aliphatic carbocycles. The number of amides is 2. The zero-order chi connectivity index (χ0) is 21.3. The third-order valence-corrected chi connectivity index (χ3v) is 8.32. The van der Waals surface area contributed by atoms with Gasteiger partial charge >= 0.3 is 5.97 Å². The minimum atomic E-state index is -3.46. The summed E-state index contributed by atoms with van der Waals surface area (Å²) >= 11 is 0. The summed E-state index contributed by atoms with van der Waals surface area (Å²) in [7, 11) is -3.46. The molecule has 1 N–H and O–H groups in total. The van der Waals surface area contributed by atoms with E-state index in [0.717, 1.165) is 4.90 Å². The predicted molar refractivity (Wildman–Crippen MR) is 113 cm³/mol. The summed E-state index contributed by atoms with van der Waals surface area (Å²) in [5, 5.41) is 10.9. The highest BCUT2D eigenvalue weighted by Crippen LogP contribution is 2.45. The van der Waals surface area contributed by atoms with Gasteiger partial charge in [-0.25, -0.2) is 4.79 Å². The lowest BCUT2D eigenvalue weighted by atomic mass is 10.1. The number of aliphatic carboxylic acids is 1. The highest BCUT2D eigenvalue weighted by molar-refractivity contribution is 7.78. The van der Waals surface area contributed by atoms with Crippen molar-refractivity contribution < 1.29 is 24.1 Å². The molecular weight excluding hydrogens is 401 g/mol. The largest absolute Gasteiger partial charge is 0.480 e. The second-order valence-corrected chi connectivity index (χ2v) is 9.85. The number of rotatable bonds is 6. The minimum Gasteiger partial charge on any atom is -0.480 e. The molecule has 2 amide bonds. The SMILES string of the molecule is O=C(O)[C@@H](CP(=O)(c1ccccc1)c1ccccc1)N1C(=O)c2ccccc2C1=O. The van der Waals surface area contributed by atoms with Crippen LogP contribution in [0.5, 0.6) is 0 Å². The molecular formula is C23H18NO5P. The second kappa shape index (κ2) is 7.73. The van der Waals surface area contributed by atoms with Crippen molar-refractivity contribution in [1.29, 1.82) is 0 Å². The van der Waals surface area contributed by atoms with E-state index < -0.39 is 31.0 Å². The first kappa shape index (κ1) is 19.8. The van der Waals surface area contributed by atoms with Crippen LogP contribution in [0.25, 0.3) is 0 Å². The molecule has 0 fully saturated rings. The van der Waals surface area contributed by atoms with Gasteiger partial charge in [-0.1, -0.05) is 72.8 Å². The second-order valence-electron chi connectivity index (χ2n) is 6.97. The predicted octanol–water partition coefficient (Wildman–Crippen LogP) is 2.75. The topological polar surface area (TPSA) is 91.8 Å². The Morgan fingerprint density at radius 1 is 0.767 bits per heavy atom. The molecule has 0 bridgehead atoms. The van der Waals surface area contributed by atoms with Crippen LogP contribution in [0.15, 0.2) is 84.9 Å². The number of imide groups is 1. The van der Waals surface area contributed by atoms with Gasteiger partial charge in [0.1, 0.15) is 13.2 Å². The van der Waals surface area contributed by atoms with Crippen LogP contribution in [-0.2, 0) is 9.36 Å². The number of carboxylic acid groups (broad SMARTS) is 1. The summed E-state index contributed by atoms with van der Waals surface area (Å²) in [5.41, 5.74) is 0.311. The number of nitrogens with zero attached hydrogens (tertiary/aromatic N) is 1. The number of fused-ring (bicyclic) bond motifs is 1. The summed E-state index contributed by atoms with van der Waals surface area (Å²) in [5.74, 6) is -2.75. The van der Waals surface area contributed by atoms with Crippen molar-refractivity contribution >= 4 is 35.5 Å². The van der Waals surface area contributed by atoms with Gasteiger partial charge in [0.25, 0.3) is 11.8 Å². The zero-order valence-electron chi connectivity index (χ0n) is 15.8. The third-order valence-electron chi connectivity index (χ3n) is 5.20. The Morgan fingerprint density at radius 3 is 1.57 bits per heavy atom. The Labute approximate surface area is 173 Å². The van der Waals surface area contributed by atoms with Gasteiger partial charge in [-0.3, -0.25) is 14.5 Å². The molecule has 4 rings (SSSR count). The van der Waals surface area contributed by atoms with Crippen molar-refractivity contribution in [2.45, 2.75) is 6.04 Å². The van der Waals surface area contributed by atoms with Crippen LogP contribution in [-0.4, -0.2) is 40.0 Å². The molecule has 1 aliphatic heterocycles. The molecule has 1 atom stereocenters. The monoisotopic (exact) mass is 419 g/mol. The van der Waals surface area contributed by atoms with Crippen molar-refractivity contribution in [2.75, 3.05) is 6.16 Å². The van der Waals surface area contributed by atoms with Crippen LogP contribution in [0.4, 0.5) is 0 Å². The fraction of sp³-hybridized carbons (Fsp3) is 0.0870. The fourth-order valence-corrected chi connectivity index (χ4v) is 6.54. The van der Waals surface area contributed by atoms with Gasteiger partial charge in [-0.15, -0.1) is 0 Å². The average Bonchev–Trinajstić information content (AvgIpc) is 3.03. The number of carbonyl (C=O) groups is 3. The van der Waals surface area contributed by atoms with Crippen molar-refractivity contribution in [2.24, 2.45) is 0 Å². The average molecular weight is 419 g/mol. The van der Waals surface area contributed by atoms with Gasteiger partial charge in [-0.2, -0.15) is 0 Å². The first-order valence-corrected chi connectivity index (χ1v) is 11.2. The molecule has 3 aromatic rings. The van der Waals surface area contributed by atoms with Gasteiger partial charge in [0, 0.05) is 16.8 Å². The van der Waals surface area contributed by atoms with Crippen LogP contribution in [0.1, 0.15) is 20.7 Å². The zero-order valence-corrected chi connectivity index (χ0v) is 16.7. The van der Waals surface area contributed by atoms with E-state index in [1.54, 1.807) is 72.8 Å². The molecule has 0 saturated heterocycles. The maximum Gasteiger partial charge on any atom is 0.327 e. The lowest BCUT2D eigenvalue weighted by Crippen LogP contribution is -2.48. The van der Waals surface area contributed by atoms with E-state index in [9.17, 15) is 24.1 Å². The van der Waals surface area contributed by atoms with E-state index in [0.29, 0.717) is 10.6 Å². The van der Waals surface area contributed by atoms with E-state index in [1.165, 1.54) is 12.1 Å². The first-order valence-electron chi connectivity index (χ1n) is 9.33. The van der Waals surface area contributed by atoms with Gasteiger partial charge in [0.15, 0.2) is 0 Å². The third kappa shape index (κ3) is 3.25. The Kier molecular flexibility index (Phi) is 5.10. The number of hydrogen-bond acceptors (Lipinski definition) is 4. The summed E-state index contributed by atoms with van der Waals surface area (Å²) in [6.45, 7) is 0. The smallest absolute Gasteiger partial charge is 0.327 e. The summed E-state index contributed by atoms with van der Waals surface area (Å²) < 4.78 is 14.3. The number of carboxylic acids is 1. The minimum absolute atomic E-state index is 0.156. The van der Waals surface area contributed by atoms with Crippen LogP contribution < -0.4 is 10.6 Å². The van der Waals surface area contributed by atoms with E-state index in [-0.39, 0.29) is 17.3 Å². The molecule has 0 saturated carbocycles. The summed E-state index contributed by atoms with van der Waals surface area (Å²) in [4.78, 5) is 38.7. The van der Waals surface area contributed by atoms with Gasteiger partial charge < -0.3 is 9.67 Å². The Bertz CT molecular complexity index is 1100. The van der Waals surface area contributed by atoms with Crippen LogP contribution >= 0.6 is 7.14 Å². The lowest BCUT2D eigenvalue weighted by Gasteiger charge is -2.27. The molecule has 0 spiro atoms. The van der Waals surface area contributed by atoms with Crippen LogP contribution in [0.2, 0.25) is 0 Å². The normalized spacial score (nSPS) is 14.5. The first-order chi connectivity index (χ1) is 14.4. The Morgan fingerprint density at radius 2 is 1.17 bits per heavy atom. The molecule has 1 heterocycles. The molecule has 0 aromatic heterocycles. The maximum absolute atomic E-state index is 14.3. The van der Waals surface area contributed by atoms with E-state index in [1.807, 2.05) is 0 Å². The van der Waals surface area contributed by atoms with Crippen molar-refractivity contribution in [1.82, 2.24) is 4.90 Å². The highest BCUT2D eigenvalue weighted by Gasteiger charge is 2.46. The van der Waals surface area contributed by atoms with E-state index in [4.69, 9.17) is 0 Å². The van der Waals surface area contributed by atoms with Crippen LogP contribution in [0, 0.1) is 0 Å².